The molecule has 0 amide bonds. The Bertz CT molecular complexity index is 59.5. The molecule has 0 spiro atoms. The van der Waals surface area contributed by atoms with E-state index in [0.29, 0.717) is 0 Å². The van der Waals surface area contributed by atoms with Crippen LogP contribution in [-0.2, 0) is 0 Å². The Morgan fingerprint density at radius 1 is 1.50 bits per heavy atom. The molecule has 0 nitrogen and oxygen atoms in total. The number of unbranched alkanes of at least 4 members (excludes halogenated alkanes) is 3. The van der Waals surface area contributed by atoms with Crippen LogP contribution in [0, 0.1) is 0 Å². The lowest BCUT2D eigenvalue weighted by Gasteiger charge is -1.88. The molecule has 0 aromatic rings. The first kappa shape index (κ1) is 8.30. The van der Waals surface area contributed by atoms with Gasteiger partial charge in [-0.1, -0.05) is 26.2 Å². The lowest BCUT2D eigenvalue weighted by Crippen LogP contribution is -1.83. The molecule has 0 atom stereocenters. The molecule has 0 aliphatic rings. The fourth-order valence-corrected chi connectivity index (χ4v) is 2.25. The summed E-state index contributed by atoms with van der Waals surface area (Å²) in [4.78, 5) is 0. The highest BCUT2D eigenvalue weighted by Gasteiger charge is 1.78. The van der Waals surface area contributed by atoms with Gasteiger partial charge in [0.05, 0.1) is 0 Å². The summed E-state index contributed by atoms with van der Waals surface area (Å²) in [7, 11) is 2.23. The predicted molar refractivity (Wildman–Crippen MR) is 47.3 cm³/mol. The number of hydrogen-bond acceptors (Lipinski definition) is 0. The second kappa shape index (κ2) is 7.30. The summed E-state index contributed by atoms with van der Waals surface area (Å²) in [6.45, 7) is 2.26. The Labute approximate surface area is 57.3 Å². The maximum absolute atomic E-state index is 2.50. The van der Waals surface area contributed by atoms with Crippen LogP contribution in [-0.4, -0.2) is 24.1 Å². The van der Waals surface area contributed by atoms with Crippen molar-refractivity contribution in [1.82, 2.24) is 0 Å². The normalized spacial score (nSPS) is 11.1. The van der Waals surface area contributed by atoms with Gasteiger partial charge in [-0.05, 0) is 15.1 Å². The van der Waals surface area contributed by atoms with Crippen molar-refractivity contribution in [3.63, 3.8) is 0 Å². The summed E-state index contributed by atoms with van der Waals surface area (Å²) in [6.07, 6.45) is 5.63. The third-order valence-electron chi connectivity index (χ3n) is 1.21. The van der Waals surface area contributed by atoms with Crippen molar-refractivity contribution in [2.24, 2.45) is 0 Å². The van der Waals surface area contributed by atoms with E-state index in [9.17, 15) is 0 Å². The standard InChI is InChI=1S/C6H16Si2/c1-2-3-4-5-6-8-7/h6,8H,2-5H2,1,7H3. The summed E-state index contributed by atoms with van der Waals surface area (Å²) in [6, 6.07) is 0. The van der Waals surface area contributed by atoms with E-state index in [4.69, 9.17) is 0 Å². The molecule has 0 fully saturated rings. The average Bonchev–Trinajstić information content (AvgIpc) is 1.81. The van der Waals surface area contributed by atoms with E-state index in [2.05, 4.69) is 12.6 Å². The van der Waals surface area contributed by atoms with Crippen LogP contribution in [0.1, 0.15) is 32.6 Å². The fraction of sp³-hybridized carbons (Fsp3) is 0.833. The second-order valence-corrected chi connectivity index (χ2v) is 5.20. The molecule has 8 heavy (non-hydrogen) atoms. The third-order valence-corrected chi connectivity index (χ3v) is 3.43. The average molecular weight is 144 g/mol. The molecule has 0 aliphatic heterocycles. The summed E-state index contributed by atoms with van der Waals surface area (Å²) in [5, 5.41) is 0. The van der Waals surface area contributed by atoms with Crippen LogP contribution in [0.3, 0.4) is 0 Å². The SMILES string of the molecule is CCCCCC=[SiH][SiH3]. The van der Waals surface area contributed by atoms with Gasteiger partial charge in [-0.25, -0.2) is 0 Å². The van der Waals surface area contributed by atoms with E-state index in [1.165, 1.54) is 35.4 Å². The minimum atomic E-state index is 0.791. The first-order chi connectivity index (χ1) is 3.91. The van der Waals surface area contributed by atoms with Crippen LogP contribution in [0.4, 0.5) is 0 Å². The summed E-state index contributed by atoms with van der Waals surface area (Å²) < 4.78 is 0. The highest BCUT2D eigenvalue weighted by atomic mass is 29.1. The Hall–Kier alpha value is 0.304. The lowest BCUT2D eigenvalue weighted by molar-refractivity contribution is 0.748. The topological polar surface area (TPSA) is 0 Å². The fourth-order valence-electron chi connectivity index (χ4n) is 0.679. The molecule has 0 aliphatic carbocycles. The van der Waals surface area contributed by atoms with Gasteiger partial charge in [0, 0.05) is 9.76 Å². The molecule has 0 unspecified atom stereocenters. The molecule has 0 N–H and O–H groups in total. The molecule has 0 rings (SSSR count). The molecule has 0 aromatic heterocycles. The van der Waals surface area contributed by atoms with Crippen molar-refractivity contribution in [2.45, 2.75) is 32.6 Å². The number of rotatable bonds is 4. The van der Waals surface area contributed by atoms with Gasteiger partial charge in [-0.2, -0.15) is 0 Å². The smallest absolute Gasteiger partial charge is 0.0119 e. The van der Waals surface area contributed by atoms with Crippen molar-refractivity contribution < 1.29 is 0 Å². The van der Waals surface area contributed by atoms with E-state index in [1.807, 2.05) is 0 Å². The molecule has 0 radical (unpaired) electrons. The molecule has 0 saturated carbocycles. The molecular formula is C6H16Si2. The van der Waals surface area contributed by atoms with Gasteiger partial charge < -0.3 is 0 Å². The third kappa shape index (κ3) is 6.30. The quantitative estimate of drug-likeness (QED) is 0.387. The van der Waals surface area contributed by atoms with Crippen molar-refractivity contribution in [2.75, 3.05) is 0 Å². The number of hydrogen-bond donors (Lipinski definition) is 0. The Morgan fingerprint density at radius 3 is 2.75 bits per heavy atom. The maximum Gasteiger partial charge on any atom is 0.0119 e. The second-order valence-electron chi connectivity index (χ2n) is 2.06. The molecule has 0 bridgehead atoms. The predicted octanol–water partition coefficient (Wildman–Crippen LogP) is 0.0858. The first-order valence-electron chi connectivity index (χ1n) is 3.53. The van der Waals surface area contributed by atoms with Gasteiger partial charge in [0.15, 0.2) is 0 Å². The van der Waals surface area contributed by atoms with Gasteiger partial charge in [0.1, 0.15) is 0 Å². The van der Waals surface area contributed by atoms with Gasteiger partial charge in [-0.3, -0.25) is 0 Å². The minimum Gasteiger partial charge on any atom is -0.110 e. The highest BCUT2D eigenvalue weighted by molar-refractivity contribution is 6.92. The zero-order valence-electron chi connectivity index (χ0n) is 5.98. The molecule has 48 valence electrons. The van der Waals surface area contributed by atoms with Crippen LogP contribution >= 0.6 is 0 Å². The lowest BCUT2D eigenvalue weighted by atomic mass is 10.2. The Balaban J connectivity index is 2.72. The van der Waals surface area contributed by atoms with Gasteiger partial charge >= 0.3 is 0 Å². The molecular weight excluding hydrogens is 128 g/mol. The molecule has 0 heterocycles. The van der Waals surface area contributed by atoms with Crippen LogP contribution in [0.25, 0.3) is 0 Å². The van der Waals surface area contributed by atoms with Crippen LogP contribution < -0.4 is 0 Å². The van der Waals surface area contributed by atoms with Crippen molar-refractivity contribution in [3.05, 3.63) is 0 Å². The van der Waals surface area contributed by atoms with E-state index in [0.717, 1.165) is 8.65 Å². The van der Waals surface area contributed by atoms with Crippen LogP contribution in [0.2, 0.25) is 0 Å². The van der Waals surface area contributed by atoms with E-state index < -0.39 is 0 Å². The Kier molecular flexibility index (Phi) is 7.58. The maximum atomic E-state index is 2.50. The highest BCUT2D eigenvalue weighted by Crippen LogP contribution is 1.94. The summed E-state index contributed by atoms with van der Waals surface area (Å²) >= 11 is 0. The monoisotopic (exact) mass is 144 g/mol. The molecule has 2 heteroatoms. The van der Waals surface area contributed by atoms with E-state index >= 15 is 0 Å². The van der Waals surface area contributed by atoms with Crippen molar-refractivity contribution in [3.8, 4) is 0 Å². The van der Waals surface area contributed by atoms with E-state index in [1.54, 1.807) is 0 Å². The van der Waals surface area contributed by atoms with Crippen molar-refractivity contribution >= 4 is 24.1 Å². The first-order valence-corrected chi connectivity index (χ1v) is 8.81. The van der Waals surface area contributed by atoms with Crippen LogP contribution in [0.15, 0.2) is 0 Å². The van der Waals surface area contributed by atoms with Crippen LogP contribution in [0.5, 0.6) is 0 Å². The van der Waals surface area contributed by atoms with E-state index in [-0.39, 0.29) is 0 Å². The summed E-state index contributed by atoms with van der Waals surface area (Å²) in [5.41, 5.74) is 2.50. The van der Waals surface area contributed by atoms with Gasteiger partial charge in [0.2, 0.25) is 0 Å². The van der Waals surface area contributed by atoms with Gasteiger partial charge in [0.25, 0.3) is 0 Å². The molecule has 0 saturated heterocycles. The minimum absolute atomic E-state index is 0.791. The Morgan fingerprint density at radius 2 is 2.25 bits per heavy atom. The largest absolute Gasteiger partial charge is 0.110 e. The molecule has 0 aromatic carbocycles. The summed E-state index contributed by atoms with van der Waals surface area (Å²) in [5.74, 6) is 0. The van der Waals surface area contributed by atoms with Crippen molar-refractivity contribution in [1.29, 1.82) is 0 Å². The van der Waals surface area contributed by atoms with Gasteiger partial charge in [-0.15, -0.1) is 5.67 Å². The zero-order chi connectivity index (χ0) is 6.24. The zero-order valence-corrected chi connectivity index (χ0v) is 9.14.